The summed E-state index contributed by atoms with van der Waals surface area (Å²) in [5.74, 6) is -0.383. The lowest BCUT2D eigenvalue weighted by Crippen LogP contribution is -2.47. The van der Waals surface area contributed by atoms with Crippen LogP contribution in [-0.4, -0.2) is 53.7 Å². The van der Waals surface area contributed by atoms with Gasteiger partial charge in [-0.2, -0.15) is 0 Å². The summed E-state index contributed by atoms with van der Waals surface area (Å²) in [5.41, 5.74) is 0.673. The van der Waals surface area contributed by atoms with Crippen LogP contribution in [0.3, 0.4) is 0 Å². The van der Waals surface area contributed by atoms with Crippen molar-refractivity contribution in [2.24, 2.45) is 0 Å². The first-order valence-electron chi connectivity index (χ1n) is 13.0. The number of hydrogen-bond acceptors (Lipinski definition) is 6. The number of carbonyl (C=O) groups excluding carboxylic acids is 3. The smallest absolute Gasteiger partial charge is 0.408 e. The van der Waals surface area contributed by atoms with Crippen LogP contribution >= 0.6 is 0 Å². The molecule has 0 spiro atoms. The van der Waals surface area contributed by atoms with E-state index in [2.05, 4.69) is 17.6 Å². The number of nitrogens with zero attached hydrogens (tertiary/aromatic N) is 1. The quantitative estimate of drug-likeness (QED) is 0.322. The van der Waals surface area contributed by atoms with Gasteiger partial charge in [0, 0.05) is 17.8 Å². The van der Waals surface area contributed by atoms with Crippen LogP contribution in [0.4, 0.5) is 10.5 Å². The number of hydrogen-bond donors (Lipinski definition) is 3. The van der Waals surface area contributed by atoms with E-state index in [1.165, 1.54) is 4.90 Å². The molecule has 0 bridgehead atoms. The molecule has 0 aliphatic carbocycles. The average molecular weight is 528 g/mol. The molecule has 0 fully saturated rings. The lowest BCUT2D eigenvalue weighted by Gasteiger charge is -2.32. The molecular weight excluding hydrogens is 486 g/mol. The zero-order valence-electron chi connectivity index (χ0n) is 23.3. The summed E-state index contributed by atoms with van der Waals surface area (Å²) in [6.07, 6.45) is 2.79. The molecule has 38 heavy (non-hydrogen) atoms. The summed E-state index contributed by atoms with van der Waals surface area (Å²) >= 11 is 0. The van der Waals surface area contributed by atoms with Crippen molar-refractivity contribution in [3.8, 4) is 11.5 Å². The van der Waals surface area contributed by atoms with E-state index in [0.717, 1.165) is 19.3 Å². The number of phenols is 1. The number of alkyl carbamates (subject to hydrolysis) is 1. The highest BCUT2D eigenvalue weighted by molar-refractivity contribution is 5.98. The van der Waals surface area contributed by atoms with Crippen LogP contribution < -0.4 is 15.4 Å². The van der Waals surface area contributed by atoms with Crippen LogP contribution in [0.1, 0.15) is 70.5 Å². The Kier molecular flexibility index (Phi) is 11.4. The zero-order chi connectivity index (χ0) is 28.3. The van der Waals surface area contributed by atoms with E-state index in [9.17, 15) is 19.5 Å². The van der Waals surface area contributed by atoms with Crippen molar-refractivity contribution in [2.45, 2.75) is 71.9 Å². The molecule has 0 aromatic heterocycles. The minimum Gasteiger partial charge on any atom is -0.507 e. The fourth-order valence-corrected chi connectivity index (χ4v) is 3.91. The SMILES string of the molecule is CCCCCCN(C(=O)CNC(=O)OC(C)(C)C)C(C(=O)Nc1ccc(OC)cc1)c1cccc(C)c1O. The molecular formula is C29H41N3O6. The van der Waals surface area contributed by atoms with Crippen LogP contribution in [0.5, 0.6) is 11.5 Å². The number of phenolic OH excluding ortho intramolecular Hbond substituents is 1. The summed E-state index contributed by atoms with van der Waals surface area (Å²) < 4.78 is 10.4. The third-order valence-electron chi connectivity index (χ3n) is 5.84. The van der Waals surface area contributed by atoms with E-state index in [1.54, 1.807) is 77.3 Å². The molecule has 0 aliphatic rings. The first-order chi connectivity index (χ1) is 18.0. The van der Waals surface area contributed by atoms with Gasteiger partial charge in [-0.25, -0.2) is 4.79 Å². The Hall–Kier alpha value is -3.75. The number of ether oxygens (including phenoxy) is 2. The number of rotatable bonds is 12. The van der Waals surface area contributed by atoms with Gasteiger partial charge in [0.25, 0.3) is 5.91 Å². The van der Waals surface area contributed by atoms with Crippen LogP contribution in [0, 0.1) is 6.92 Å². The minimum absolute atomic E-state index is 0.0613. The topological polar surface area (TPSA) is 117 Å². The molecule has 2 aromatic carbocycles. The van der Waals surface area contributed by atoms with E-state index in [4.69, 9.17) is 9.47 Å². The summed E-state index contributed by atoms with van der Waals surface area (Å²) in [7, 11) is 1.55. The van der Waals surface area contributed by atoms with Crippen molar-refractivity contribution in [3.05, 3.63) is 53.6 Å². The highest BCUT2D eigenvalue weighted by Crippen LogP contribution is 2.33. The third kappa shape index (κ3) is 9.28. The van der Waals surface area contributed by atoms with Crippen molar-refractivity contribution in [1.29, 1.82) is 0 Å². The second kappa shape index (κ2) is 14.3. The van der Waals surface area contributed by atoms with Crippen molar-refractivity contribution in [2.75, 3.05) is 25.5 Å². The second-order valence-corrected chi connectivity index (χ2v) is 10.1. The summed E-state index contributed by atoms with van der Waals surface area (Å²) in [6, 6.07) is 10.8. The molecule has 208 valence electrons. The highest BCUT2D eigenvalue weighted by Gasteiger charge is 2.34. The lowest BCUT2D eigenvalue weighted by molar-refractivity contribution is -0.138. The Labute approximate surface area is 225 Å². The summed E-state index contributed by atoms with van der Waals surface area (Å²) in [4.78, 5) is 40.9. The number of aromatic hydroxyl groups is 1. The Morgan fingerprint density at radius 3 is 2.32 bits per heavy atom. The van der Waals surface area contributed by atoms with Crippen molar-refractivity contribution >= 4 is 23.6 Å². The van der Waals surface area contributed by atoms with Crippen LogP contribution in [0.2, 0.25) is 0 Å². The standard InChI is InChI=1S/C29H41N3O6/c1-7-8-9-10-18-32(24(33)19-30-28(36)38-29(3,4)5)25(23-13-11-12-20(2)26(23)34)27(35)31-21-14-16-22(37-6)17-15-21/h11-17,25,34H,7-10,18-19H2,1-6H3,(H,30,36)(H,31,35). The van der Waals surface area contributed by atoms with Gasteiger partial charge in [0.2, 0.25) is 5.91 Å². The number of nitrogens with one attached hydrogen (secondary N) is 2. The van der Waals surface area contributed by atoms with Gasteiger partial charge in [-0.1, -0.05) is 44.4 Å². The molecule has 0 aliphatic heterocycles. The third-order valence-corrected chi connectivity index (χ3v) is 5.84. The van der Waals surface area contributed by atoms with Crippen molar-refractivity contribution in [3.63, 3.8) is 0 Å². The molecule has 9 nitrogen and oxygen atoms in total. The minimum atomic E-state index is -1.13. The van der Waals surface area contributed by atoms with E-state index in [0.29, 0.717) is 29.0 Å². The number of carbonyl (C=O) groups is 3. The van der Waals surface area contributed by atoms with Gasteiger partial charge in [0.05, 0.1) is 7.11 Å². The van der Waals surface area contributed by atoms with Crippen LogP contribution in [0.25, 0.3) is 0 Å². The summed E-state index contributed by atoms with van der Waals surface area (Å²) in [6.45, 7) is 8.92. The maximum Gasteiger partial charge on any atom is 0.408 e. The summed E-state index contributed by atoms with van der Waals surface area (Å²) in [5, 5.41) is 16.3. The molecule has 3 amide bonds. The van der Waals surface area contributed by atoms with Crippen LogP contribution in [-0.2, 0) is 14.3 Å². The number of benzene rings is 2. The molecule has 2 aromatic rings. The normalized spacial score (nSPS) is 11.8. The van der Waals surface area contributed by atoms with Gasteiger partial charge >= 0.3 is 6.09 Å². The molecule has 1 atom stereocenters. The van der Waals surface area contributed by atoms with Crippen molar-refractivity contribution in [1.82, 2.24) is 10.2 Å². The average Bonchev–Trinajstić information content (AvgIpc) is 2.86. The molecule has 1 unspecified atom stereocenters. The molecule has 0 saturated heterocycles. The Morgan fingerprint density at radius 1 is 1.03 bits per heavy atom. The molecule has 9 heteroatoms. The Morgan fingerprint density at radius 2 is 1.71 bits per heavy atom. The lowest BCUT2D eigenvalue weighted by atomic mass is 9.99. The number of aryl methyl sites for hydroxylation is 1. The van der Waals surface area contributed by atoms with Gasteiger partial charge in [0.1, 0.15) is 29.7 Å². The highest BCUT2D eigenvalue weighted by atomic mass is 16.6. The first kappa shape index (κ1) is 30.5. The number of amides is 3. The molecule has 0 saturated carbocycles. The molecule has 3 N–H and O–H groups in total. The Bertz CT molecular complexity index is 1080. The maximum absolute atomic E-state index is 13.7. The largest absolute Gasteiger partial charge is 0.507 e. The van der Waals surface area contributed by atoms with E-state index in [1.807, 2.05) is 0 Å². The number of anilines is 1. The van der Waals surface area contributed by atoms with Gasteiger partial charge < -0.3 is 30.1 Å². The number of para-hydroxylation sites is 1. The van der Waals surface area contributed by atoms with Gasteiger partial charge in [0.15, 0.2) is 0 Å². The second-order valence-electron chi connectivity index (χ2n) is 10.1. The van der Waals surface area contributed by atoms with E-state index >= 15 is 0 Å². The molecule has 0 heterocycles. The zero-order valence-corrected chi connectivity index (χ0v) is 23.3. The van der Waals surface area contributed by atoms with Gasteiger partial charge in [-0.3, -0.25) is 9.59 Å². The molecule has 0 radical (unpaired) electrons. The first-order valence-corrected chi connectivity index (χ1v) is 13.0. The van der Waals surface area contributed by atoms with E-state index < -0.39 is 29.6 Å². The fourth-order valence-electron chi connectivity index (χ4n) is 3.91. The Balaban J connectivity index is 2.41. The number of methoxy groups -OCH3 is 1. The maximum atomic E-state index is 13.7. The van der Waals surface area contributed by atoms with Crippen molar-refractivity contribution < 1.29 is 29.0 Å². The predicted octanol–water partition coefficient (Wildman–Crippen LogP) is 5.32. The number of unbranched alkanes of at least 4 members (excludes halogenated alkanes) is 3. The van der Waals surface area contributed by atoms with Crippen LogP contribution in [0.15, 0.2) is 42.5 Å². The van der Waals surface area contributed by atoms with Gasteiger partial charge in [-0.05, 0) is 63.9 Å². The fraction of sp³-hybridized carbons (Fsp3) is 0.483. The monoisotopic (exact) mass is 527 g/mol. The molecule has 2 rings (SSSR count). The predicted molar refractivity (Wildman–Crippen MR) is 147 cm³/mol. The van der Waals surface area contributed by atoms with E-state index in [-0.39, 0.29) is 18.8 Å². The van der Waals surface area contributed by atoms with Gasteiger partial charge in [-0.15, -0.1) is 0 Å².